The number of nitrogens with one attached hydrogen (secondary N) is 2. The molecular weight excluding hydrogens is 248 g/mol. The van der Waals surface area contributed by atoms with Gasteiger partial charge in [-0.15, -0.1) is 0 Å². The molecule has 0 bridgehead atoms. The van der Waals surface area contributed by atoms with Gasteiger partial charge in [0.1, 0.15) is 0 Å². The van der Waals surface area contributed by atoms with Crippen molar-refractivity contribution in [2.75, 3.05) is 33.2 Å². The molecule has 0 fully saturated rings. The van der Waals surface area contributed by atoms with Crippen LogP contribution in [0.15, 0.2) is 18.3 Å². The molecule has 0 amide bonds. The lowest BCUT2D eigenvalue weighted by atomic mass is 10.2. The zero-order valence-corrected chi connectivity index (χ0v) is 13.3. The Labute approximate surface area is 124 Å². The highest BCUT2D eigenvalue weighted by molar-refractivity contribution is 5.16. The molecule has 0 unspecified atom stereocenters. The highest BCUT2D eigenvalue weighted by Crippen LogP contribution is 2.01. The summed E-state index contributed by atoms with van der Waals surface area (Å²) in [6.07, 6.45) is 4.39. The lowest BCUT2D eigenvalue weighted by Gasteiger charge is -2.17. The quantitative estimate of drug-likeness (QED) is 0.608. The van der Waals surface area contributed by atoms with Gasteiger partial charge >= 0.3 is 0 Å². The third-order valence-electron chi connectivity index (χ3n) is 3.54. The molecule has 0 spiro atoms. The SMILES string of the molecule is CCN(CC)CCCCNCc1cc(CNC)ccn1. The Bertz CT molecular complexity index is 350. The lowest BCUT2D eigenvalue weighted by Crippen LogP contribution is -2.25. The molecule has 4 nitrogen and oxygen atoms in total. The van der Waals surface area contributed by atoms with Gasteiger partial charge in [0.05, 0.1) is 5.69 Å². The van der Waals surface area contributed by atoms with Gasteiger partial charge in [-0.2, -0.15) is 0 Å². The van der Waals surface area contributed by atoms with Crippen LogP contribution in [0.1, 0.15) is 37.9 Å². The van der Waals surface area contributed by atoms with Crippen molar-refractivity contribution in [1.82, 2.24) is 20.5 Å². The maximum atomic E-state index is 4.40. The van der Waals surface area contributed by atoms with E-state index in [1.807, 2.05) is 13.2 Å². The molecule has 0 aliphatic heterocycles. The summed E-state index contributed by atoms with van der Waals surface area (Å²) >= 11 is 0. The average molecular weight is 278 g/mol. The largest absolute Gasteiger partial charge is 0.316 e. The first-order valence-corrected chi connectivity index (χ1v) is 7.81. The minimum absolute atomic E-state index is 0.864. The summed E-state index contributed by atoms with van der Waals surface area (Å²) in [5.74, 6) is 0. The van der Waals surface area contributed by atoms with Crippen LogP contribution in [0, 0.1) is 0 Å². The molecule has 1 aromatic rings. The Balaban J connectivity index is 2.13. The molecular formula is C16H30N4. The highest BCUT2D eigenvalue weighted by Gasteiger charge is 1.99. The molecule has 0 saturated heterocycles. The van der Waals surface area contributed by atoms with Crippen molar-refractivity contribution >= 4 is 0 Å². The summed E-state index contributed by atoms with van der Waals surface area (Å²) < 4.78 is 0. The van der Waals surface area contributed by atoms with Crippen LogP contribution in [0.4, 0.5) is 0 Å². The van der Waals surface area contributed by atoms with Gasteiger partial charge in [-0.25, -0.2) is 0 Å². The second-order valence-electron chi connectivity index (χ2n) is 5.10. The van der Waals surface area contributed by atoms with Crippen LogP contribution < -0.4 is 10.6 Å². The van der Waals surface area contributed by atoms with Crippen LogP contribution in [0.5, 0.6) is 0 Å². The number of hydrogen-bond donors (Lipinski definition) is 2. The number of hydrogen-bond acceptors (Lipinski definition) is 4. The van der Waals surface area contributed by atoms with Gasteiger partial charge in [0.2, 0.25) is 0 Å². The van der Waals surface area contributed by atoms with E-state index in [2.05, 4.69) is 46.5 Å². The molecule has 20 heavy (non-hydrogen) atoms. The van der Waals surface area contributed by atoms with E-state index in [1.165, 1.54) is 24.9 Å². The zero-order valence-electron chi connectivity index (χ0n) is 13.3. The van der Waals surface area contributed by atoms with Crippen molar-refractivity contribution in [2.24, 2.45) is 0 Å². The van der Waals surface area contributed by atoms with Crippen LogP contribution in [-0.4, -0.2) is 43.1 Å². The molecule has 2 N–H and O–H groups in total. The van der Waals surface area contributed by atoms with E-state index in [0.29, 0.717) is 0 Å². The van der Waals surface area contributed by atoms with Gasteiger partial charge < -0.3 is 15.5 Å². The molecule has 0 aromatic carbocycles. The Morgan fingerprint density at radius 1 is 1.15 bits per heavy atom. The Morgan fingerprint density at radius 2 is 1.95 bits per heavy atom. The summed E-state index contributed by atoms with van der Waals surface area (Å²) in [5.41, 5.74) is 2.42. The predicted molar refractivity (Wildman–Crippen MR) is 85.7 cm³/mol. The van der Waals surface area contributed by atoms with Crippen LogP contribution in [0.3, 0.4) is 0 Å². The van der Waals surface area contributed by atoms with E-state index in [0.717, 1.165) is 38.4 Å². The molecule has 0 radical (unpaired) electrons. The molecule has 0 atom stereocenters. The summed E-state index contributed by atoms with van der Waals surface area (Å²) in [6, 6.07) is 4.23. The summed E-state index contributed by atoms with van der Waals surface area (Å²) in [5, 5.41) is 6.64. The molecule has 0 saturated carbocycles. The van der Waals surface area contributed by atoms with Gasteiger partial charge in [0.15, 0.2) is 0 Å². The Morgan fingerprint density at radius 3 is 2.65 bits per heavy atom. The minimum Gasteiger partial charge on any atom is -0.316 e. The lowest BCUT2D eigenvalue weighted by molar-refractivity contribution is 0.296. The molecule has 1 aromatic heterocycles. The first-order chi connectivity index (χ1) is 9.80. The van der Waals surface area contributed by atoms with Crippen LogP contribution >= 0.6 is 0 Å². The number of aromatic nitrogens is 1. The number of nitrogens with zero attached hydrogens (tertiary/aromatic N) is 2. The van der Waals surface area contributed by atoms with Gasteiger partial charge in [0, 0.05) is 19.3 Å². The minimum atomic E-state index is 0.864. The predicted octanol–water partition coefficient (Wildman–Crippen LogP) is 2.01. The van der Waals surface area contributed by atoms with Gasteiger partial charge in [-0.3, -0.25) is 4.98 Å². The van der Waals surface area contributed by atoms with Gasteiger partial charge in [-0.1, -0.05) is 13.8 Å². The van der Waals surface area contributed by atoms with E-state index in [-0.39, 0.29) is 0 Å². The summed E-state index contributed by atoms with van der Waals surface area (Å²) in [6.45, 7) is 10.8. The fourth-order valence-electron chi connectivity index (χ4n) is 2.28. The van der Waals surface area contributed by atoms with Crippen molar-refractivity contribution in [1.29, 1.82) is 0 Å². The first kappa shape index (κ1) is 17.1. The monoisotopic (exact) mass is 278 g/mol. The fraction of sp³-hybridized carbons (Fsp3) is 0.688. The van der Waals surface area contributed by atoms with E-state index in [9.17, 15) is 0 Å². The Kier molecular flexibility index (Phi) is 9.20. The molecule has 1 rings (SSSR count). The fourth-order valence-corrected chi connectivity index (χ4v) is 2.28. The highest BCUT2D eigenvalue weighted by atomic mass is 15.1. The van der Waals surface area contributed by atoms with Crippen molar-refractivity contribution in [3.05, 3.63) is 29.6 Å². The third-order valence-corrected chi connectivity index (χ3v) is 3.54. The van der Waals surface area contributed by atoms with E-state index in [4.69, 9.17) is 0 Å². The first-order valence-electron chi connectivity index (χ1n) is 7.81. The normalized spacial score (nSPS) is 11.2. The van der Waals surface area contributed by atoms with Gasteiger partial charge in [0.25, 0.3) is 0 Å². The van der Waals surface area contributed by atoms with Crippen molar-refractivity contribution in [3.8, 4) is 0 Å². The van der Waals surface area contributed by atoms with Crippen LogP contribution in [-0.2, 0) is 13.1 Å². The van der Waals surface area contributed by atoms with Gasteiger partial charge in [-0.05, 0) is 63.8 Å². The smallest absolute Gasteiger partial charge is 0.0544 e. The average Bonchev–Trinajstić information content (AvgIpc) is 2.47. The second-order valence-corrected chi connectivity index (χ2v) is 5.10. The molecule has 1 heterocycles. The molecule has 0 aliphatic carbocycles. The van der Waals surface area contributed by atoms with Crippen molar-refractivity contribution in [2.45, 2.75) is 39.8 Å². The van der Waals surface area contributed by atoms with Crippen molar-refractivity contribution in [3.63, 3.8) is 0 Å². The number of unbranched alkanes of at least 4 members (excludes halogenated alkanes) is 1. The third kappa shape index (κ3) is 6.98. The van der Waals surface area contributed by atoms with Crippen LogP contribution in [0.2, 0.25) is 0 Å². The van der Waals surface area contributed by atoms with E-state index in [1.54, 1.807) is 0 Å². The summed E-state index contributed by atoms with van der Waals surface area (Å²) in [4.78, 5) is 6.87. The van der Waals surface area contributed by atoms with Crippen LogP contribution in [0.25, 0.3) is 0 Å². The number of pyridine rings is 1. The zero-order chi connectivity index (χ0) is 14.6. The topological polar surface area (TPSA) is 40.2 Å². The van der Waals surface area contributed by atoms with Crippen molar-refractivity contribution < 1.29 is 0 Å². The maximum Gasteiger partial charge on any atom is 0.0544 e. The number of rotatable bonds is 11. The molecule has 4 heteroatoms. The molecule has 0 aliphatic rings. The summed E-state index contributed by atoms with van der Waals surface area (Å²) in [7, 11) is 1.97. The van der Waals surface area contributed by atoms with E-state index >= 15 is 0 Å². The standard InChI is InChI=1S/C16H30N4/c1-4-20(5-2)11-7-6-9-18-14-16-12-15(13-17-3)8-10-19-16/h8,10,12,17-18H,4-7,9,11,13-14H2,1-3H3. The van der Waals surface area contributed by atoms with E-state index < -0.39 is 0 Å². The Hall–Kier alpha value is -0.970. The maximum absolute atomic E-state index is 4.40. The second kappa shape index (κ2) is 10.8. The molecule has 114 valence electrons.